The van der Waals surface area contributed by atoms with E-state index in [-0.39, 0.29) is 12.5 Å². The summed E-state index contributed by atoms with van der Waals surface area (Å²) in [6.07, 6.45) is 1.11. The number of rotatable bonds is 10. The number of hydrogen-bond donors (Lipinski definition) is 2. The number of carbonyl (C=O) groups excluding carboxylic acids is 2. The number of primary amides is 1. The topological polar surface area (TPSA) is 98.6 Å². The van der Waals surface area contributed by atoms with Gasteiger partial charge in [0, 0.05) is 9.75 Å². The fourth-order valence-corrected chi connectivity index (χ4v) is 3.83. The molecule has 0 aliphatic rings. The first-order valence-electron chi connectivity index (χ1n) is 8.07. The highest BCUT2D eigenvalue weighted by molar-refractivity contribution is 7.10. The van der Waals surface area contributed by atoms with Crippen LogP contribution in [0, 0.1) is 0 Å². The summed E-state index contributed by atoms with van der Waals surface area (Å²) in [5, 5.41) is 4.00. The number of carbonyl (C=O) groups is 2. The van der Waals surface area contributed by atoms with Gasteiger partial charge < -0.3 is 21.1 Å². The number of ether oxygens (including phenoxy) is 1. The normalized spacial score (nSPS) is 11.9. The molecule has 0 spiro atoms. The first-order valence-corrected chi connectivity index (χ1v) is 9.83. The van der Waals surface area contributed by atoms with Gasteiger partial charge in [0.2, 0.25) is 5.91 Å². The molecule has 8 heteroatoms. The van der Waals surface area contributed by atoms with E-state index in [1.807, 2.05) is 39.9 Å². The molecule has 0 fully saturated rings. The molecule has 2 aromatic rings. The van der Waals surface area contributed by atoms with Gasteiger partial charge in [0.25, 0.3) is 0 Å². The van der Waals surface area contributed by atoms with Crippen molar-refractivity contribution in [3.05, 3.63) is 44.8 Å². The van der Waals surface area contributed by atoms with Crippen molar-refractivity contribution in [1.29, 1.82) is 0 Å². The Hall–Kier alpha value is -1.90. The maximum absolute atomic E-state index is 12.8. The quantitative estimate of drug-likeness (QED) is 0.618. The van der Waals surface area contributed by atoms with Crippen molar-refractivity contribution >= 4 is 34.7 Å². The van der Waals surface area contributed by atoms with Gasteiger partial charge in [0.15, 0.2) is 0 Å². The van der Waals surface area contributed by atoms with E-state index in [9.17, 15) is 9.59 Å². The molecule has 25 heavy (non-hydrogen) atoms. The zero-order chi connectivity index (χ0) is 18.1. The maximum Gasteiger partial charge on any atom is 0.404 e. The number of hydrogen-bond acceptors (Lipinski definition) is 6. The molecule has 0 aromatic carbocycles. The monoisotopic (exact) mass is 381 g/mol. The molecule has 1 unspecified atom stereocenters. The second kappa shape index (κ2) is 10.2. The maximum atomic E-state index is 12.8. The van der Waals surface area contributed by atoms with E-state index in [2.05, 4.69) is 4.74 Å². The summed E-state index contributed by atoms with van der Waals surface area (Å²) in [6.45, 7) is 1.38. The number of thiophene rings is 2. The van der Waals surface area contributed by atoms with Crippen LogP contribution in [0.25, 0.3) is 0 Å². The third kappa shape index (κ3) is 6.85. The molecule has 0 aliphatic carbocycles. The summed E-state index contributed by atoms with van der Waals surface area (Å²) in [5.41, 5.74) is 11.0. The zero-order valence-electron chi connectivity index (χ0n) is 13.9. The smallest absolute Gasteiger partial charge is 0.404 e. The van der Waals surface area contributed by atoms with Crippen LogP contribution in [-0.4, -0.2) is 29.5 Å². The van der Waals surface area contributed by atoms with Crippen LogP contribution in [-0.2, 0) is 22.6 Å². The van der Waals surface area contributed by atoms with Crippen molar-refractivity contribution in [2.24, 2.45) is 11.5 Å². The molecule has 0 saturated heterocycles. The van der Waals surface area contributed by atoms with Gasteiger partial charge in [-0.15, -0.1) is 22.7 Å². The zero-order valence-corrected chi connectivity index (χ0v) is 15.6. The standard InChI is InChI=1S/C17H23N3O3S2/c18-15(7-1-2-8-23-17(19)22)16(21)20(11-13-5-3-9-24-13)12-14-6-4-10-25-14/h3-6,9-10,15H,1-2,7-8,11-12,18H2,(H2,19,22). The molecule has 0 bridgehead atoms. The lowest BCUT2D eigenvalue weighted by Gasteiger charge is -2.25. The van der Waals surface area contributed by atoms with Crippen LogP contribution >= 0.6 is 22.7 Å². The van der Waals surface area contributed by atoms with Crippen molar-refractivity contribution in [2.75, 3.05) is 6.61 Å². The molecule has 6 nitrogen and oxygen atoms in total. The van der Waals surface area contributed by atoms with Gasteiger partial charge in [0.1, 0.15) is 0 Å². The minimum Gasteiger partial charge on any atom is -0.450 e. The Morgan fingerprint density at radius 3 is 2.16 bits per heavy atom. The van der Waals surface area contributed by atoms with Crippen LogP contribution in [0.4, 0.5) is 4.79 Å². The molecule has 2 aromatic heterocycles. The molecular formula is C17H23N3O3S2. The summed E-state index contributed by atoms with van der Waals surface area (Å²) in [4.78, 5) is 27.4. The van der Waals surface area contributed by atoms with Crippen LogP contribution in [0.3, 0.4) is 0 Å². The Morgan fingerprint density at radius 2 is 1.68 bits per heavy atom. The van der Waals surface area contributed by atoms with E-state index in [0.29, 0.717) is 32.4 Å². The number of nitrogens with zero attached hydrogens (tertiary/aromatic N) is 1. The second-order valence-electron chi connectivity index (χ2n) is 5.62. The molecule has 1 atom stereocenters. The van der Waals surface area contributed by atoms with Crippen molar-refractivity contribution in [1.82, 2.24) is 4.90 Å². The van der Waals surface area contributed by atoms with Crippen molar-refractivity contribution in [3.63, 3.8) is 0 Å². The minimum absolute atomic E-state index is 0.0578. The fourth-order valence-electron chi connectivity index (χ4n) is 2.39. The summed E-state index contributed by atoms with van der Waals surface area (Å²) < 4.78 is 4.68. The van der Waals surface area contributed by atoms with Gasteiger partial charge in [0.05, 0.1) is 25.7 Å². The molecule has 4 N–H and O–H groups in total. The highest BCUT2D eigenvalue weighted by Gasteiger charge is 2.22. The SMILES string of the molecule is NC(=O)OCCCCC(N)C(=O)N(Cc1cccs1)Cc1cccs1. The summed E-state index contributed by atoms with van der Waals surface area (Å²) in [6, 6.07) is 7.44. The average molecular weight is 382 g/mol. The Balaban J connectivity index is 1.88. The molecule has 0 radical (unpaired) electrons. The Labute approximate surface area is 155 Å². The van der Waals surface area contributed by atoms with Crippen LogP contribution in [0.2, 0.25) is 0 Å². The Morgan fingerprint density at radius 1 is 1.08 bits per heavy atom. The van der Waals surface area contributed by atoms with Crippen molar-refractivity contribution in [3.8, 4) is 0 Å². The molecule has 136 valence electrons. The average Bonchev–Trinajstić information content (AvgIpc) is 3.26. The van der Waals surface area contributed by atoms with Gasteiger partial charge in [-0.05, 0) is 42.2 Å². The summed E-state index contributed by atoms with van der Waals surface area (Å²) in [7, 11) is 0. The predicted octanol–water partition coefficient (Wildman–Crippen LogP) is 2.93. The number of amides is 2. The third-order valence-corrected chi connectivity index (χ3v) is 5.36. The molecular weight excluding hydrogens is 358 g/mol. The molecule has 2 amide bonds. The van der Waals surface area contributed by atoms with E-state index < -0.39 is 12.1 Å². The van der Waals surface area contributed by atoms with E-state index >= 15 is 0 Å². The first-order chi connectivity index (χ1) is 12.1. The van der Waals surface area contributed by atoms with E-state index in [0.717, 1.165) is 9.75 Å². The van der Waals surface area contributed by atoms with Crippen LogP contribution < -0.4 is 11.5 Å². The van der Waals surface area contributed by atoms with Crippen LogP contribution in [0.1, 0.15) is 29.0 Å². The van der Waals surface area contributed by atoms with Crippen molar-refractivity contribution in [2.45, 2.75) is 38.4 Å². The molecule has 0 saturated carbocycles. The fraction of sp³-hybridized carbons (Fsp3) is 0.412. The predicted molar refractivity (Wildman–Crippen MR) is 100 cm³/mol. The van der Waals surface area contributed by atoms with Gasteiger partial charge in [-0.1, -0.05) is 12.1 Å². The second-order valence-corrected chi connectivity index (χ2v) is 7.69. The lowest BCUT2D eigenvalue weighted by Crippen LogP contribution is -2.42. The van der Waals surface area contributed by atoms with E-state index in [4.69, 9.17) is 11.5 Å². The van der Waals surface area contributed by atoms with Gasteiger partial charge >= 0.3 is 6.09 Å². The van der Waals surface area contributed by atoms with Crippen LogP contribution in [0.5, 0.6) is 0 Å². The lowest BCUT2D eigenvalue weighted by atomic mass is 10.1. The van der Waals surface area contributed by atoms with Gasteiger partial charge in [-0.25, -0.2) is 4.79 Å². The van der Waals surface area contributed by atoms with Gasteiger partial charge in [-0.3, -0.25) is 4.79 Å². The lowest BCUT2D eigenvalue weighted by molar-refractivity contribution is -0.134. The molecule has 2 heterocycles. The summed E-state index contributed by atoms with van der Waals surface area (Å²) >= 11 is 3.26. The molecule has 0 aliphatic heterocycles. The summed E-state index contributed by atoms with van der Waals surface area (Å²) in [5.74, 6) is -0.0578. The Bertz CT molecular complexity index is 608. The van der Waals surface area contributed by atoms with E-state index in [1.165, 1.54) is 0 Å². The number of unbranched alkanes of at least 4 members (excludes halogenated alkanes) is 1. The third-order valence-electron chi connectivity index (χ3n) is 3.64. The minimum atomic E-state index is -0.779. The highest BCUT2D eigenvalue weighted by atomic mass is 32.1. The molecule has 2 rings (SSSR count). The first kappa shape index (κ1) is 19.4. The van der Waals surface area contributed by atoms with Crippen LogP contribution in [0.15, 0.2) is 35.0 Å². The van der Waals surface area contributed by atoms with Gasteiger partial charge in [-0.2, -0.15) is 0 Å². The number of nitrogens with two attached hydrogens (primary N) is 2. The van der Waals surface area contributed by atoms with E-state index in [1.54, 1.807) is 22.7 Å². The Kier molecular flexibility index (Phi) is 7.90. The highest BCUT2D eigenvalue weighted by Crippen LogP contribution is 2.18. The van der Waals surface area contributed by atoms with Crippen molar-refractivity contribution < 1.29 is 14.3 Å². The largest absolute Gasteiger partial charge is 0.450 e.